The second-order valence-electron chi connectivity index (χ2n) is 7.07. The Hall–Kier alpha value is -3.98. The fourth-order valence-corrected chi connectivity index (χ4v) is 4.19. The average Bonchev–Trinajstić information content (AvgIpc) is 3.52. The van der Waals surface area contributed by atoms with E-state index in [1.165, 1.54) is 11.8 Å². The van der Waals surface area contributed by atoms with Gasteiger partial charge in [-0.25, -0.2) is 0 Å². The van der Waals surface area contributed by atoms with Gasteiger partial charge in [-0.1, -0.05) is 36.4 Å². The molecule has 0 unspecified atom stereocenters. The van der Waals surface area contributed by atoms with E-state index >= 15 is 0 Å². The number of ether oxygens (including phenoxy) is 3. The molecule has 1 amide bonds. The number of aromatic nitrogens is 2. The van der Waals surface area contributed by atoms with E-state index in [1.54, 1.807) is 31.4 Å². The van der Waals surface area contributed by atoms with Gasteiger partial charge in [-0.2, -0.15) is 0 Å². The molecule has 8 nitrogen and oxygen atoms in total. The monoisotopic (exact) mass is 461 g/mol. The van der Waals surface area contributed by atoms with Gasteiger partial charge in [-0.3, -0.25) is 4.79 Å². The van der Waals surface area contributed by atoms with Crippen LogP contribution in [-0.2, 0) is 4.79 Å². The van der Waals surface area contributed by atoms with Crippen molar-refractivity contribution in [2.45, 2.75) is 10.5 Å². The largest absolute Gasteiger partial charge is 0.497 e. The van der Waals surface area contributed by atoms with Gasteiger partial charge in [0.1, 0.15) is 11.0 Å². The molecule has 166 valence electrons. The van der Waals surface area contributed by atoms with Crippen molar-refractivity contribution in [3.05, 3.63) is 78.4 Å². The lowest BCUT2D eigenvalue weighted by atomic mass is 10.1. The maximum atomic E-state index is 13.2. The maximum absolute atomic E-state index is 13.2. The molecule has 1 aliphatic rings. The predicted molar refractivity (Wildman–Crippen MR) is 123 cm³/mol. The van der Waals surface area contributed by atoms with Crippen LogP contribution >= 0.6 is 11.8 Å². The number of methoxy groups -OCH3 is 1. The Labute approximate surface area is 193 Å². The summed E-state index contributed by atoms with van der Waals surface area (Å²) in [4.78, 5) is 13.2. The van der Waals surface area contributed by atoms with Crippen LogP contribution in [0.5, 0.6) is 17.2 Å². The molecule has 5 rings (SSSR count). The molecular weight excluding hydrogens is 442 g/mol. The van der Waals surface area contributed by atoms with Crippen LogP contribution in [-0.4, -0.2) is 30.0 Å². The SMILES string of the molecule is COc1cccc(NC(=O)[C@@H](Sc2nnc(-c3ccc4c(c3)OCO4)o2)c2ccccc2)c1. The van der Waals surface area contributed by atoms with Crippen molar-refractivity contribution in [3.8, 4) is 28.7 Å². The van der Waals surface area contributed by atoms with E-state index in [-0.39, 0.29) is 17.9 Å². The minimum absolute atomic E-state index is 0.185. The molecule has 0 saturated carbocycles. The topological polar surface area (TPSA) is 95.7 Å². The molecule has 2 heterocycles. The lowest BCUT2D eigenvalue weighted by Crippen LogP contribution is -2.19. The maximum Gasteiger partial charge on any atom is 0.277 e. The van der Waals surface area contributed by atoms with Crippen molar-refractivity contribution >= 4 is 23.4 Å². The second kappa shape index (κ2) is 9.25. The van der Waals surface area contributed by atoms with E-state index < -0.39 is 5.25 Å². The summed E-state index contributed by atoms with van der Waals surface area (Å²) < 4.78 is 21.9. The first-order chi connectivity index (χ1) is 16.2. The standard InChI is InChI=1S/C24H19N3O5S/c1-29-18-9-5-8-17(13-18)25-22(28)21(15-6-3-2-4-7-15)33-24-27-26-23(32-24)16-10-11-19-20(12-16)31-14-30-19/h2-13,21H,14H2,1H3,(H,25,28)/t21-/m0/s1. The van der Waals surface area contributed by atoms with Crippen molar-refractivity contribution in [2.24, 2.45) is 0 Å². The summed E-state index contributed by atoms with van der Waals surface area (Å²) in [5, 5.41) is 10.9. The van der Waals surface area contributed by atoms with Crippen molar-refractivity contribution in [1.29, 1.82) is 0 Å². The number of fused-ring (bicyclic) bond motifs is 1. The number of nitrogens with one attached hydrogen (secondary N) is 1. The summed E-state index contributed by atoms with van der Waals surface area (Å²) in [6.07, 6.45) is 0. The van der Waals surface area contributed by atoms with Crippen LogP contribution < -0.4 is 19.5 Å². The van der Waals surface area contributed by atoms with Gasteiger partial charge in [-0.05, 0) is 47.7 Å². The van der Waals surface area contributed by atoms with Crippen LogP contribution in [0.25, 0.3) is 11.5 Å². The molecule has 0 fully saturated rings. The van der Waals surface area contributed by atoms with Crippen LogP contribution in [0.2, 0.25) is 0 Å². The van der Waals surface area contributed by atoms with E-state index in [0.29, 0.717) is 34.4 Å². The number of nitrogens with zero attached hydrogens (tertiary/aromatic N) is 2. The third-order valence-electron chi connectivity index (χ3n) is 4.92. The molecule has 0 saturated heterocycles. The Kier molecular flexibility index (Phi) is 5.86. The lowest BCUT2D eigenvalue weighted by Gasteiger charge is -2.15. The highest BCUT2D eigenvalue weighted by Crippen LogP contribution is 2.39. The van der Waals surface area contributed by atoms with Crippen LogP contribution in [0, 0.1) is 0 Å². The highest BCUT2D eigenvalue weighted by Gasteiger charge is 2.26. The molecule has 33 heavy (non-hydrogen) atoms. The molecule has 0 aliphatic carbocycles. The number of anilines is 1. The fraction of sp³-hybridized carbons (Fsp3) is 0.125. The van der Waals surface area contributed by atoms with Crippen LogP contribution in [0.3, 0.4) is 0 Å². The van der Waals surface area contributed by atoms with Crippen LogP contribution in [0.4, 0.5) is 5.69 Å². The van der Waals surface area contributed by atoms with E-state index in [2.05, 4.69) is 15.5 Å². The molecule has 0 bridgehead atoms. The summed E-state index contributed by atoms with van der Waals surface area (Å²) in [7, 11) is 1.58. The summed E-state index contributed by atoms with van der Waals surface area (Å²) in [6, 6.07) is 22.0. The third kappa shape index (κ3) is 4.63. The Morgan fingerprint density at radius 2 is 1.85 bits per heavy atom. The Bertz CT molecular complexity index is 1280. The van der Waals surface area contributed by atoms with Gasteiger partial charge in [0.25, 0.3) is 5.22 Å². The van der Waals surface area contributed by atoms with Crippen LogP contribution in [0.1, 0.15) is 10.8 Å². The normalized spacial score (nSPS) is 12.9. The zero-order valence-electron chi connectivity index (χ0n) is 17.6. The number of carbonyl (C=O) groups is 1. The molecule has 0 radical (unpaired) electrons. The van der Waals surface area contributed by atoms with E-state index in [0.717, 1.165) is 5.56 Å². The molecule has 0 spiro atoms. The van der Waals surface area contributed by atoms with Crippen LogP contribution in [0.15, 0.2) is 82.4 Å². The van der Waals surface area contributed by atoms with Crippen molar-refractivity contribution in [2.75, 3.05) is 19.2 Å². The lowest BCUT2D eigenvalue weighted by molar-refractivity contribution is -0.115. The number of hydrogen-bond acceptors (Lipinski definition) is 8. The number of thioether (sulfide) groups is 1. The zero-order chi connectivity index (χ0) is 22.6. The number of benzene rings is 3. The van der Waals surface area contributed by atoms with E-state index in [1.807, 2.05) is 48.5 Å². The molecule has 1 N–H and O–H groups in total. The van der Waals surface area contributed by atoms with E-state index in [9.17, 15) is 4.79 Å². The number of hydrogen-bond donors (Lipinski definition) is 1. The van der Waals surface area contributed by atoms with Gasteiger partial charge in [0.15, 0.2) is 11.5 Å². The first kappa shape index (κ1) is 20.9. The average molecular weight is 461 g/mol. The van der Waals surface area contributed by atoms with Gasteiger partial charge in [0.2, 0.25) is 18.6 Å². The quantitative estimate of drug-likeness (QED) is 0.387. The van der Waals surface area contributed by atoms with Crippen molar-refractivity contribution in [3.63, 3.8) is 0 Å². The smallest absolute Gasteiger partial charge is 0.277 e. The molecule has 3 aromatic carbocycles. The number of carbonyl (C=O) groups excluding carboxylic acids is 1. The van der Waals surface area contributed by atoms with Gasteiger partial charge in [0, 0.05) is 17.3 Å². The highest BCUT2D eigenvalue weighted by atomic mass is 32.2. The second-order valence-corrected chi connectivity index (χ2v) is 8.13. The summed E-state index contributed by atoms with van der Waals surface area (Å²) in [5.74, 6) is 2.06. The fourth-order valence-electron chi connectivity index (χ4n) is 3.31. The van der Waals surface area contributed by atoms with Gasteiger partial charge >= 0.3 is 0 Å². The minimum Gasteiger partial charge on any atom is -0.497 e. The van der Waals surface area contributed by atoms with Crippen molar-refractivity contribution in [1.82, 2.24) is 10.2 Å². The van der Waals surface area contributed by atoms with Gasteiger partial charge in [-0.15, -0.1) is 10.2 Å². The molecule has 9 heteroatoms. The predicted octanol–water partition coefficient (Wildman–Crippen LogP) is 4.95. The molecule has 1 aliphatic heterocycles. The van der Waals surface area contributed by atoms with E-state index in [4.69, 9.17) is 18.6 Å². The first-order valence-corrected chi connectivity index (χ1v) is 11.0. The van der Waals surface area contributed by atoms with Gasteiger partial charge in [0.05, 0.1) is 7.11 Å². The summed E-state index contributed by atoms with van der Waals surface area (Å²) in [5.41, 5.74) is 2.15. The third-order valence-corrected chi connectivity index (χ3v) is 6.01. The Balaban J connectivity index is 1.38. The first-order valence-electron chi connectivity index (χ1n) is 10.1. The molecular formula is C24H19N3O5S. The molecule has 1 aromatic heterocycles. The summed E-state index contributed by atoms with van der Waals surface area (Å²) in [6.45, 7) is 0.185. The molecule has 4 aromatic rings. The molecule has 1 atom stereocenters. The zero-order valence-corrected chi connectivity index (χ0v) is 18.4. The number of rotatable bonds is 7. The highest BCUT2D eigenvalue weighted by molar-refractivity contribution is 8.00. The van der Waals surface area contributed by atoms with Gasteiger partial charge < -0.3 is 23.9 Å². The Morgan fingerprint density at radius 3 is 2.70 bits per heavy atom. The minimum atomic E-state index is -0.609. The van der Waals surface area contributed by atoms with Crippen molar-refractivity contribution < 1.29 is 23.4 Å². The Morgan fingerprint density at radius 1 is 1.00 bits per heavy atom. The number of amides is 1. The summed E-state index contributed by atoms with van der Waals surface area (Å²) >= 11 is 1.18.